The number of piperidine rings is 1. The summed E-state index contributed by atoms with van der Waals surface area (Å²) in [4.78, 5) is 41.0. The van der Waals surface area contributed by atoms with Crippen LogP contribution in [0.4, 0.5) is 0 Å². The molecule has 0 radical (unpaired) electrons. The Morgan fingerprint density at radius 2 is 1.75 bits per heavy atom. The second-order valence-corrected chi connectivity index (χ2v) is 9.29. The smallest absolute Gasteiger partial charge is 0.306 e. The van der Waals surface area contributed by atoms with E-state index in [2.05, 4.69) is 0 Å². The van der Waals surface area contributed by atoms with Crippen LogP contribution < -0.4 is 0 Å². The predicted octanol–water partition coefficient (Wildman–Crippen LogP) is 3.08. The molecule has 1 aromatic heterocycles. The fourth-order valence-corrected chi connectivity index (χ4v) is 5.37. The molecule has 0 bridgehead atoms. The summed E-state index contributed by atoms with van der Waals surface area (Å²) in [5.74, 6) is -1.48. The maximum absolute atomic E-state index is 13.4. The van der Waals surface area contributed by atoms with Crippen molar-refractivity contribution in [3.63, 3.8) is 0 Å². The molecule has 2 atom stereocenters. The first-order chi connectivity index (χ1) is 15.4. The molecule has 0 unspecified atom stereocenters. The van der Waals surface area contributed by atoms with Crippen molar-refractivity contribution in [2.45, 2.75) is 44.2 Å². The summed E-state index contributed by atoms with van der Waals surface area (Å²) in [5.41, 5.74) is 2.12. The number of fused-ring (bicyclic) bond motifs is 3. The molecule has 2 amide bonds. The molecule has 0 spiro atoms. The van der Waals surface area contributed by atoms with Crippen LogP contribution in [0.2, 0.25) is 5.02 Å². The number of carbonyl (C=O) groups excluding carboxylic acids is 2. The Bertz CT molecular complexity index is 1060. The number of hydrogen-bond acceptors (Lipinski definition) is 4. The van der Waals surface area contributed by atoms with Gasteiger partial charge in [-0.05, 0) is 50.3 Å². The van der Waals surface area contributed by atoms with Crippen molar-refractivity contribution in [3.8, 4) is 11.3 Å². The third kappa shape index (κ3) is 3.66. The average Bonchev–Trinajstić information content (AvgIpc) is 3.44. The Hall–Kier alpha value is -2.87. The number of rotatable bonds is 4. The molecule has 3 aliphatic rings. The fourth-order valence-electron chi connectivity index (χ4n) is 5.25. The molecule has 168 valence electrons. The normalized spacial score (nSPS) is 23.2. The summed E-state index contributed by atoms with van der Waals surface area (Å²) >= 11 is 6.00. The standard InChI is InChI=1S/C23H25ClN4O4/c24-16-6-4-14(5-7-16)17-12-20-22(30)27(18-2-1-3-19(18)28(20)25-17)13-21(29)26-10-8-15(9-11-26)23(31)32/h4-7,12,15,18-19H,1-3,8-11,13H2,(H,31,32)/t18-,19+/m1/s1. The number of amides is 2. The first kappa shape index (κ1) is 21.0. The van der Waals surface area contributed by atoms with Crippen LogP contribution in [0.3, 0.4) is 0 Å². The van der Waals surface area contributed by atoms with Gasteiger partial charge in [0.2, 0.25) is 5.91 Å². The number of carboxylic acids is 1. The molecule has 9 heteroatoms. The highest BCUT2D eigenvalue weighted by Crippen LogP contribution is 2.40. The van der Waals surface area contributed by atoms with Gasteiger partial charge in [0.05, 0.1) is 23.7 Å². The molecule has 2 aliphatic heterocycles. The largest absolute Gasteiger partial charge is 0.481 e. The average molecular weight is 457 g/mol. The highest BCUT2D eigenvalue weighted by Gasteiger charge is 2.44. The predicted molar refractivity (Wildman–Crippen MR) is 117 cm³/mol. The van der Waals surface area contributed by atoms with E-state index in [0.717, 1.165) is 30.5 Å². The minimum Gasteiger partial charge on any atom is -0.481 e. The van der Waals surface area contributed by atoms with Crippen molar-refractivity contribution < 1.29 is 19.5 Å². The number of nitrogens with zero attached hydrogens (tertiary/aromatic N) is 4. The number of carbonyl (C=O) groups is 3. The summed E-state index contributed by atoms with van der Waals surface area (Å²) < 4.78 is 1.85. The summed E-state index contributed by atoms with van der Waals surface area (Å²) in [6.45, 7) is 0.869. The summed E-state index contributed by atoms with van der Waals surface area (Å²) in [7, 11) is 0. The van der Waals surface area contributed by atoms with Crippen LogP contribution in [-0.4, -0.2) is 68.1 Å². The lowest BCUT2D eigenvalue weighted by molar-refractivity contribution is -0.146. The van der Waals surface area contributed by atoms with Gasteiger partial charge in [-0.1, -0.05) is 23.7 Å². The lowest BCUT2D eigenvalue weighted by Crippen LogP contribution is -2.53. The molecule has 1 aliphatic carbocycles. The van der Waals surface area contributed by atoms with Gasteiger partial charge in [-0.3, -0.25) is 19.1 Å². The van der Waals surface area contributed by atoms with Crippen LogP contribution in [0.5, 0.6) is 0 Å². The van der Waals surface area contributed by atoms with Crippen LogP contribution in [0, 0.1) is 5.92 Å². The van der Waals surface area contributed by atoms with Gasteiger partial charge in [-0.2, -0.15) is 5.10 Å². The minimum absolute atomic E-state index is 0.0270. The molecule has 1 saturated heterocycles. The molecule has 3 heterocycles. The Morgan fingerprint density at radius 3 is 2.44 bits per heavy atom. The van der Waals surface area contributed by atoms with Crippen molar-refractivity contribution in [1.29, 1.82) is 0 Å². The zero-order valence-electron chi connectivity index (χ0n) is 17.6. The lowest BCUT2D eigenvalue weighted by atomic mass is 9.97. The third-order valence-electron chi connectivity index (χ3n) is 7.02. The van der Waals surface area contributed by atoms with E-state index in [9.17, 15) is 19.5 Å². The number of aliphatic carboxylic acids is 1. The first-order valence-corrected chi connectivity index (χ1v) is 11.5. The molecular formula is C23H25ClN4O4. The molecule has 1 aromatic carbocycles. The minimum atomic E-state index is -0.804. The number of benzene rings is 1. The van der Waals surface area contributed by atoms with Crippen molar-refractivity contribution in [2.24, 2.45) is 5.92 Å². The van der Waals surface area contributed by atoms with E-state index >= 15 is 0 Å². The van der Waals surface area contributed by atoms with Gasteiger partial charge in [-0.25, -0.2) is 0 Å². The fraction of sp³-hybridized carbons (Fsp3) is 0.478. The molecule has 5 rings (SSSR count). The highest BCUT2D eigenvalue weighted by molar-refractivity contribution is 6.30. The van der Waals surface area contributed by atoms with E-state index in [-0.39, 0.29) is 30.4 Å². The zero-order chi connectivity index (χ0) is 22.4. The number of aromatic nitrogens is 2. The number of hydrogen-bond donors (Lipinski definition) is 1. The Morgan fingerprint density at radius 1 is 1.06 bits per heavy atom. The Labute approximate surface area is 190 Å². The molecular weight excluding hydrogens is 432 g/mol. The van der Waals surface area contributed by atoms with E-state index in [4.69, 9.17) is 16.7 Å². The van der Waals surface area contributed by atoms with E-state index in [0.29, 0.717) is 36.6 Å². The SMILES string of the molecule is O=C(O)C1CCN(C(=O)CN2C(=O)c3cc(-c4ccc(Cl)cc4)nn3[C@H]3CCC[C@H]32)CC1. The molecule has 2 aromatic rings. The van der Waals surface area contributed by atoms with Gasteiger partial charge in [0.15, 0.2) is 0 Å². The zero-order valence-corrected chi connectivity index (χ0v) is 18.4. The quantitative estimate of drug-likeness (QED) is 0.762. The third-order valence-corrected chi connectivity index (χ3v) is 7.27. The van der Waals surface area contributed by atoms with Crippen LogP contribution in [0.15, 0.2) is 30.3 Å². The van der Waals surface area contributed by atoms with E-state index in [1.54, 1.807) is 28.0 Å². The maximum Gasteiger partial charge on any atom is 0.306 e. The van der Waals surface area contributed by atoms with Gasteiger partial charge in [0.25, 0.3) is 5.91 Å². The van der Waals surface area contributed by atoms with Gasteiger partial charge < -0.3 is 14.9 Å². The van der Waals surface area contributed by atoms with Crippen LogP contribution in [-0.2, 0) is 9.59 Å². The van der Waals surface area contributed by atoms with Crippen molar-refractivity contribution in [2.75, 3.05) is 19.6 Å². The van der Waals surface area contributed by atoms with E-state index < -0.39 is 11.9 Å². The van der Waals surface area contributed by atoms with Crippen molar-refractivity contribution >= 4 is 29.4 Å². The second-order valence-electron chi connectivity index (χ2n) is 8.86. The van der Waals surface area contributed by atoms with Gasteiger partial charge >= 0.3 is 5.97 Å². The Balaban J connectivity index is 1.36. The van der Waals surface area contributed by atoms with Gasteiger partial charge in [-0.15, -0.1) is 0 Å². The number of halogens is 1. The van der Waals surface area contributed by atoms with Gasteiger partial charge in [0.1, 0.15) is 12.2 Å². The number of likely N-dealkylation sites (tertiary alicyclic amines) is 1. The summed E-state index contributed by atoms with van der Waals surface area (Å²) in [6.07, 6.45) is 3.66. The van der Waals surface area contributed by atoms with Crippen molar-refractivity contribution in [3.05, 3.63) is 41.0 Å². The van der Waals surface area contributed by atoms with Crippen LogP contribution >= 0.6 is 11.6 Å². The second kappa shape index (κ2) is 8.24. The molecule has 2 fully saturated rings. The van der Waals surface area contributed by atoms with Gasteiger partial charge in [0, 0.05) is 23.7 Å². The summed E-state index contributed by atoms with van der Waals surface area (Å²) in [5, 5.41) is 14.6. The molecule has 8 nitrogen and oxygen atoms in total. The number of carboxylic acid groups (broad SMARTS) is 1. The Kier molecular flexibility index (Phi) is 5.41. The topological polar surface area (TPSA) is 95.7 Å². The first-order valence-electron chi connectivity index (χ1n) is 11.1. The monoisotopic (exact) mass is 456 g/mol. The molecule has 1 saturated carbocycles. The van der Waals surface area contributed by atoms with Crippen LogP contribution in [0.25, 0.3) is 11.3 Å². The molecule has 1 N–H and O–H groups in total. The highest BCUT2D eigenvalue weighted by atomic mass is 35.5. The lowest BCUT2D eigenvalue weighted by Gasteiger charge is -2.39. The molecule has 32 heavy (non-hydrogen) atoms. The van der Waals surface area contributed by atoms with E-state index in [1.807, 2.05) is 16.8 Å². The van der Waals surface area contributed by atoms with Crippen molar-refractivity contribution in [1.82, 2.24) is 19.6 Å². The van der Waals surface area contributed by atoms with Crippen LogP contribution in [0.1, 0.15) is 48.6 Å². The van der Waals surface area contributed by atoms with E-state index in [1.165, 1.54) is 0 Å². The summed E-state index contributed by atoms with van der Waals surface area (Å²) in [6, 6.07) is 9.19. The maximum atomic E-state index is 13.4.